The summed E-state index contributed by atoms with van der Waals surface area (Å²) in [6.07, 6.45) is 1.66. The molecule has 134 valence electrons. The molecule has 0 bridgehead atoms. The zero-order valence-electron chi connectivity index (χ0n) is 14.4. The van der Waals surface area contributed by atoms with Crippen LogP contribution in [0.25, 0.3) is 11.1 Å². The summed E-state index contributed by atoms with van der Waals surface area (Å²) < 4.78 is 11.1. The summed E-state index contributed by atoms with van der Waals surface area (Å²) in [5.41, 5.74) is 2.18. The fourth-order valence-electron chi connectivity index (χ4n) is 3.36. The number of ether oxygens (including phenoxy) is 1. The summed E-state index contributed by atoms with van der Waals surface area (Å²) in [6.45, 7) is 1.36. The van der Waals surface area contributed by atoms with Gasteiger partial charge in [0.1, 0.15) is 11.3 Å². The van der Waals surface area contributed by atoms with Crippen molar-refractivity contribution >= 4 is 28.6 Å². The van der Waals surface area contributed by atoms with Crippen LogP contribution in [-0.2, 0) is 0 Å². The zero-order chi connectivity index (χ0) is 18.1. The lowest BCUT2D eigenvalue weighted by atomic mass is 9.96. The highest BCUT2D eigenvalue weighted by atomic mass is 35.5. The molecule has 1 fully saturated rings. The van der Waals surface area contributed by atoms with Crippen molar-refractivity contribution in [3.63, 3.8) is 0 Å². The molecule has 2 aromatic carbocycles. The van der Waals surface area contributed by atoms with E-state index in [4.69, 9.17) is 20.8 Å². The number of carbonyl (C=O) groups excluding carboxylic acids is 1. The van der Waals surface area contributed by atoms with E-state index in [9.17, 15) is 4.79 Å². The molecule has 1 aliphatic rings. The number of hydrogen-bond acceptors (Lipinski definition) is 4. The van der Waals surface area contributed by atoms with Crippen LogP contribution in [0.4, 0.5) is 0 Å². The number of methoxy groups -OCH3 is 1. The molecule has 6 heteroatoms. The van der Waals surface area contributed by atoms with Gasteiger partial charge in [0.25, 0.3) is 5.91 Å². The third kappa shape index (κ3) is 3.27. The molecule has 0 spiro atoms. The lowest BCUT2D eigenvalue weighted by molar-refractivity contribution is 0.0706. The van der Waals surface area contributed by atoms with E-state index in [0.29, 0.717) is 29.4 Å². The van der Waals surface area contributed by atoms with Crippen molar-refractivity contribution in [2.75, 3.05) is 20.2 Å². The van der Waals surface area contributed by atoms with Gasteiger partial charge in [-0.25, -0.2) is 4.98 Å². The number of amides is 1. The largest absolute Gasteiger partial charge is 0.497 e. The van der Waals surface area contributed by atoms with Crippen LogP contribution < -0.4 is 4.74 Å². The third-order valence-corrected chi connectivity index (χ3v) is 5.05. The van der Waals surface area contributed by atoms with Gasteiger partial charge >= 0.3 is 0 Å². The summed E-state index contributed by atoms with van der Waals surface area (Å²) in [4.78, 5) is 19.2. The van der Waals surface area contributed by atoms with Crippen LogP contribution in [0.2, 0.25) is 5.02 Å². The molecule has 5 nitrogen and oxygen atoms in total. The first-order valence-corrected chi connectivity index (χ1v) is 9.01. The van der Waals surface area contributed by atoms with Crippen molar-refractivity contribution in [1.82, 2.24) is 9.88 Å². The smallest absolute Gasteiger partial charge is 0.253 e. The maximum Gasteiger partial charge on any atom is 0.253 e. The Morgan fingerprint density at radius 3 is 2.81 bits per heavy atom. The minimum Gasteiger partial charge on any atom is -0.497 e. The average molecular weight is 371 g/mol. The molecule has 0 unspecified atom stereocenters. The Hall–Kier alpha value is -2.53. The van der Waals surface area contributed by atoms with Crippen LogP contribution >= 0.6 is 11.6 Å². The lowest BCUT2D eigenvalue weighted by Crippen LogP contribution is -2.38. The highest BCUT2D eigenvalue weighted by Gasteiger charge is 2.27. The molecule has 0 saturated carbocycles. The van der Waals surface area contributed by atoms with Crippen molar-refractivity contribution in [2.24, 2.45) is 0 Å². The fraction of sp³-hybridized carbons (Fsp3) is 0.300. The zero-order valence-corrected chi connectivity index (χ0v) is 15.2. The molecule has 0 aliphatic carbocycles. The number of piperidine rings is 1. The second-order valence-electron chi connectivity index (χ2n) is 6.46. The molecule has 1 saturated heterocycles. The second-order valence-corrected chi connectivity index (χ2v) is 6.90. The van der Waals surface area contributed by atoms with Gasteiger partial charge in [-0.15, -0.1) is 0 Å². The quantitative estimate of drug-likeness (QED) is 0.680. The van der Waals surface area contributed by atoms with E-state index in [1.807, 2.05) is 35.2 Å². The number of rotatable bonds is 3. The third-order valence-electron chi connectivity index (χ3n) is 4.81. The molecule has 1 aromatic heterocycles. The van der Waals surface area contributed by atoms with Gasteiger partial charge in [-0.3, -0.25) is 4.79 Å². The first kappa shape index (κ1) is 16.9. The van der Waals surface area contributed by atoms with Crippen molar-refractivity contribution in [1.29, 1.82) is 0 Å². The van der Waals surface area contributed by atoms with Crippen LogP contribution in [-0.4, -0.2) is 36.0 Å². The number of benzene rings is 2. The summed E-state index contributed by atoms with van der Waals surface area (Å²) in [5, 5.41) is 0.649. The molecule has 2 heterocycles. The van der Waals surface area contributed by atoms with Crippen LogP contribution in [0.15, 0.2) is 46.9 Å². The van der Waals surface area contributed by atoms with Gasteiger partial charge < -0.3 is 14.1 Å². The first-order chi connectivity index (χ1) is 12.6. The Bertz CT molecular complexity index is 945. The van der Waals surface area contributed by atoms with E-state index in [2.05, 4.69) is 4.98 Å². The molecule has 1 aliphatic heterocycles. The normalized spacial score (nSPS) is 15.4. The molecular weight excluding hydrogens is 352 g/mol. The maximum absolute atomic E-state index is 12.7. The van der Waals surface area contributed by atoms with Gasteiger partial charge in [0.2, 0.25) is 0 Å². The summed E-state index contributed by atoms with van der Waals surface area (Å²) in [7, 11) is 1.60. The SMILES string of the molecule is COc1cccc(C(=O)N2CCC(c3nc4cc(Cl)ccc4o3)CC2)c1. The Balaban J connectivity index is 1.45. The van der Waals surface area contributed by atoms with Crippen molar-refractivity contribution in [3.05, 3.63) is 58.9 Å². The van der Waals surface area contributed by atoms with Crippen molar-refractivity contribution in [3.8, 4) is 5.75 Å². The maximum atomic E-state index is 12.7. The predicted molar refractivity (Wildman–Crippen MR) is 99.9 cm³/mol. The predicted octanol–water partition coefficient (Wildman–Crippen LogP) is 4.51. The van der Waals surface area contributed by atoms with E-state index < -0.39 is 0 Å². The highest BCUT2D eigenvalue weighted by Crippen LogP contribution is 2.31. The Labute approximate surface area is 156 Å². The lowest BCUT2D eigenvalue weighted by Gasteiger charge is -2.30. The summed E-state index contributed by atoms with van der Waals surface area (Å²) >= 11 is 6.01. The molecular formula is C20H19ClN2O3. The average Bonchev–Trinajstić information content (AvgIpc) is 3.10. The molecule has 3 aromatic rings. The van der Waals surface area contributed by atoms with Gasteiger partial charge in [0, 0.05) is 29.6 Å². The Morgan fingerprint density at radius 2 is 2.04 bits per heavy atom. The van der Waals surface area contributed by atoms with Gasteiger partial charge in [-0.05, 0) is 49.2 Å². The van der Waals surface area contributed by atoms with Crippen molar-refractivity contribution in [2.45, 2.75) is 18.8 Å². The number of fused-ring (bicyclic) bond motifs is 1. The van der Waals surface area contributed by atoms with E-state index in [0.717, 1.165) is 29.8 Å². The summed E-state index contributed by atoms with van der Waals surface area (Å²) in [5.74, 6) is 1.67. The Morgan fingerprint density at radius 1 is 1.23 bits per heavy atom. The van der Waals surface area contributed by atoms with Gasteiger partial charge in [0.15, 0.2) is 11.5 Å². The number of carbonyl (C=O) groups is 1. The van der Waals surface area contributed by atoms with Crippen LogP contribution in [0, 0.1) is 0 Å². The second kappa shape index (κ2) is 7.00. The number of hydrogen-bond donors (Lipinski definition) is 0. The Kier molecular flexibility index (Phi) is 4.55. The van der Waals surface area contributed by atoms with Crippen LogP contribution in [0.3, 0.4) is 0 Å². The van der Waals surface area contributed by atoms with Gasteiger partial charge in [-0.2, -0.15) is 0 Å². The number of oxazole rings is 1. The van der Waals surface area contributed by atoms with E-state index in [1.54, 1.807) is 19.2 Å². The molecule has 1 amide bonds. The van der Waals surface area contributed by atoms with Gasteiger partial charge in [0.05, 0.1) is 7.11 Å². The standard InChI is InChI=1S/C20H19ClN2O3/c1-25-16-4-2-3-14(11-16)20(24)23-9-7-13(8-10-23)19-22-17-12-15(21)5-6-18(17)26-19/h2-6,11-13H,7-10H2,1H3. The van der Waals surface area contributed by atoms with E-state index in [1.165, 1.54) is 0 Å². The molecule has 0 N–H and O–H groups in total. The number of likely N-dealkylation sites (tertiary alicyclic amines) is 1. The topological polar surface area (TPSA) is 55.6 Å². The van der Waals surface area contributed by atoms with Crippen molar-refractivity contribution < 1.29 is 13.9 Å². The van der Waals surface area contributed by atoms with E-state index >= 15 is 0 Å². The fourth-order valence-corrected chi connectivity index (χ4v) is 3.53. The monoisotopic (exact) mass is 370 g/mol. The number of halogens is 1. The summed E-state index contributed by atoms with van der Waals surface area (Å²) in [6, 6.07) is 12.7. The molecule has 4 rings (SSSR count). The van der Waals surface area contributed by atoms with Crippen LogP contribution in [0.1, 0.15) is 35.0 Å². The number of aromatic nitrogens is 1. The van der Waals surface area contributed by atoms with E-state index in [-0.39, 0.29) is 11.8 Å². The first-order valence-electron chi connectivity index (χ1n) is 8.63. The van der Waals surface area contributed by atoms with Crippen LogP contribution in [0.5, 0.6) is 5.75 Å². The number of nitrogens with zero attached hydrogens (tertiary/aromatic N) is 2. The highest BCUT2D eigenvalue weighted by molar-refractivity contribution is 6.31. The molecule has 0 radical (unpaired) electrons. The minimum absolute atomic E-state index is 0.0340. The van der Waals surface area contributed by atoms with Gasteiger partial charge in [-0.1, -0.05) is 17.7 Å². The minimum atomic E-state index is 0.0340. The molecule has 26 heavy (non-hydrogen) atoms. The molecule has 0 atom stereocenters.